The lowest BCUT2D eigenvalue weighted by molar-refractivity contribution is 0.244. The van der Waals surface area contributed by atoms with Gasteiger partial charge in [-0.1, -0.05) is 0 Å². The van der Waals surface area contributed by atoms with Gasteiger partial charge in [0.2, 0.25) is 0 Å². The van der Waals surface area contributed by atoms with Gasteiger partial charge >= 0.3 is 110 Å². The van der Waals surface area contributed by atoms with Crippen LogP contribution in [0.4, 0.5) is 0 Å². The van der Waals surface area contributed by atoms with Crippen LogP contribution in [0, 0.1) is 0 Å². The van der Waals surface area contributed by atoms with Crippen LogP contribution in [0.5, 0.6) is 0 Å². The summed E-state index contributed by atoms with van der Waals surface area (Å²) >= 11 is 0. The Labute approximate surface area is 224 Å². The maximum absolute atomic E-state index is 6.76. The second kappa shape index (κ2) is 13.5. The fourth-order valence-corrected chi connectivity index (χ4v) is 45.3. The van der Waals surface area contributed by atoms with E-state index in [1.54, 1.807) is 0 Å². The van der Waals surface area contributed by atoms with Crippen LogP contribution in [0.25, 0.3) is 0 Å². The molecule has 0 spiro atoms. The maximum atomic E-state index is 6.76. The Hall–Kier alpha value is 2.12. The first-order valence-corrected chi connectivity index (χ1v) is 31.9. The summed E-state index contributed by atoms with van der Waals surface area (Å²) < 4.78 is 73.0. The smallest absolute Gasteiger partial charge is 0.412 e. The van der Waals surface area contributed by atoms with E-state index in [1.807, 2.05) is 65.5 Å². The minimum Gasteiger partial charge on any atom is -0.416 e. The third-order valence-corrected chi connectivity index (χ3v) is 36.2. The first kappa shape index (κ1) is 32.3. The molecule has 12 radical (unpaired) electrons. The highest BCUT2D eigenvalue weighted by molar-refractivity contribution is 7.26. The molecule has 0 N–H and O–H groups in total. The van der Waals surface area contributed by atoms with E-state index in [0.29, 0.717) is 0 Å². The molecule has 2 saturated heterocycles. The number of rotatable bonds is 1. The van der Waals surface area contributed by atoms with Gasteiger partial charge in [0.05, 0.1) is 0 Å². The molecule has 0 saturated carbocycles. The van der Waals surface area contributed by atoms with E-state index in [4.69, 9.17) is 49.4 Å². The molecular weight excluding hydrogens is 649 g/mol. The second-order valence-electron chi connectivity index (χ2n) is 8.97. The fraction of sp³-hybridized carbons (Fsp3) is 1.00. The van der Waals surface area contributed by atoms with Crippen LogP contribution in [0.3, 0.4) is 0 Å². The standard InChI is InChI=1S/C10H30O12Si12/c1-28-17-30(2,3)19-31(4,5)20-32(6,7)21-33(8,9)22-34(10,18-28)29-15-26-13-24-11-23-12-25-14-27-16-29/h1-10H3. The van der Waals surface area contributed by atoms with Crippen LogP contribution in [0.2, 0.25) is 65.5 Å². The van der Waals surface area contributed by atoms with Gasteiger partial charge in [0.1, 0.15) is 0 Å². The molecule has 34 heavy (non-hydrogen) atoms. The van der Waals surface area contributed by atoms with Crippen molar-refractivity contribution in [3.8, 4) is 0 Å². The molecule has 190 valence electrons. The quantitative estimate of drug-likeness (QED) is 0.359. The van der Waals surface area contributed by atoms with E-state index in [9.17, 15) is 0 Å². The zero-order valence-corrected chi connectivity index (χ0v) is 32.9. The molecule has 0 aromatic rings. The minimum atomic E-state index is -3.15. The van der Waals surface area contributed by atoms with Crippen LogP contribution in [-0.2, 0) is 49.4 Å². The van der Waals surface area contributed by atoms with Crippen molar-refractivity contribution in [3.05, 3.63) is 0 Å². The summed E-state index contributed by atoms with van der Waals surface area (Å²) in [5.41, 5.74) is 0. The van der Waals surface area contributed by atoms with E-state index < -0.39 is 60.4 Å². The normalized spacial score (nSPS) is 33.0. The van der Waals surface area contributed by atoms with Crippen LogP contribution in [0.1, 0.15) is 0 Å². The summed E-state index contributed by atoms with van der Waals surface area (Å²) in [6.45, 7) is 20.0. The molecule has 24 heteroatoms. The van der Waals surface area contributed by atoms with Crippen molar-refractivity contribution in [1.29, 1.82) is 0 Å². The van der Waals surface area contributed by atoms with Crippen LogP contribution in [0.15, 0.2) is 0 Å². The number of hydrogen-bond donors (Lipinski definition) is 0. The Morgan fingerprint density at radius 3 is 1.32 bits per heavy atom. The molecule has 2 aliphatic rings. The first-order valence-electron chi connectivity index (χ1n) is 10.1. The topological polar surface area (TPSA) is 111 Å². The van der Waals surface area contributed by atoms with Crippen molar-refractivity contribution in [3.63, 3.8) is 0 Å². The molecule has 0 amide bonds. The van der Waals surface area contributed by atoms with Gasteiger partial charge in [0.15, 0.2) is 0 Å². The van der Waals surface area contributed by atoms with Crippen molar-refractivity contribution in [2.75, 3.05) is 0 Å². The third-order valence-electron chi connectivity index (χ3n) is 3.62. The van der Waals surface area contributed by atoms with Crippen molar-refractivity contribution < 1.29 is 49.4 Å². The first-order chi connectivity index (χ1) is 15.5. The lowest BCUT2D eigenvalue weighted by Crippen LogP contribution is -2.68. The van der Waals surface area contributed by atoms with Gasteiger partial charge < -0.3 is 49.4 Å². The van der Waals surface area contributed by atoms with Crippen molar-refractivity contribution in [2.24, 2.45) is 0 Å². The van der Waals surface area contributed by atoms with Gasteiger partial charge in [-0.25, -0.2) is 0 Å². The minimum absolute atomic E-state index is 0.157. The number of hydrogen-bond acceptors (Lipinski definition) is 12. The average molecular weight is 679 g/mol. The van der Waals surface area contributed by atoms with Gasteiger partial charge in [-0.15, -0.1) is 0 Å². The SMILES string of the molecule is C[Si]1O[Si](C)(C)O[Si](C)(C)O[Si](C)(C)O[Si](C)(C)O[Si](C)([Si]2O[Si]O[Si]O[Si]O[Si]O[Si]O2)O1. The predicted molar refractivity (Wildman–Crippen MR) is 141 cm³/mol. The van der Waals surface area contributed by atoms with E-state index >= 15 is 0 Å². The summed E-state index contributed by atoms with van der Waals surface area (Å²) in [6, 6.07) is 0. The van der Waals surface area contributed by atoms with Crippen LogP contribution < -0.4 is 0 Å². The molecule has 2 heterocycles. The van der Waals surface area contributed by atoms with Crippen molar-refractivity contribution in [1.82, 2.24) is 0 Å². The molecule has 0 aromatic carbocycles. The molecular formula is C10H30O12Si12. The van der Waals surface area contributed by atoms with E-state index in [1.165, 1.54) is 0 Å². The fourth-order valence-electron chi connectivity index (χ4n) is 3.53. The average Bonchev–Trinajstić information content (AvgIpc) is 2.56. The van der Waals surface area contributed by atoms with E-state index in [-0.39, 0.29) is 50.0 Å². The van der Waals surface area contributed by atoms with Gasteiger partial charge in [-0.05, 0) is 65.5 Å². The second-order valence-corrected chi connectivity index (χ2v) is 38.2. The lowest BCUT2D eigenvalue weighted by Gasteiger charge is -2.45. The summed E-state index contributed by atoms with van der Waals surface area (Å²) in [5, 5.41) is 0. The van der Waals surface area contributed by atoms with Gasteiger partial charge in [-0.3, -0.25) is 0 Å². The molecule has 2 fully saturated rings. The summed E-state index contributed by atoms with van der Waals surface area (Å²) in [4.78, 5) is 0. The molecule has 0 bridgehead atoms. The van der Waals surface area contributed by atoms with Gasteiger partial charge in [0.25, 0.3) is 0 Å². The van der Waals surface area contributed by atoms with Crippen LogP contribution in [-0.4, -0.2) is 110 Å². The maximum Gasteiger partial charge on any atom is 0.412 e. The molecule has 0 aliphatic carbocycles. The molecule has 2 aliphatic heterocycles. The zero-order chi connectivity index (χ0) is 25.7. The monoisotopic (exact) mass is 678 g/mol. The highest BCUT2D eigenvalue weighted by Gasteiger charge is 2.56. The van der Waals surface area contributed by atoms with Crippen molar-refractivity contribution >= 4 is 110 Å². The zero-order valence-electron chi connectivity index (χ0n) is 20.9. The molecule has 1 unspecified atom stereocenters. The molecule has 12 nitrogen and oxygen atoms in total. The molecule has 1 atom stereocenters. The third kappa shape index (κ3) is 11.9. The summed E-state index contributed by atoms with van der Waals surface area (Å²) in [5.74, 6) is 0. The van der Waals surface area contributed by atoms with Gasteiger partial charge in [-0.2, -0.15) is 0 Å². The Bertz CT molecular complexity index is 633. The lowest BCUT2D eigenvalue weighted by atomic mass is 11.9. The van der Waals surface area contributed by atoms with Gasteiger partial charge in [0, 0.05) is 0 Å². The Morgan fingerprint density at radius 2 is 0.853 bits per heavy atom. The Morgan fingerprint density at radius 1 is 0.471 bits per heavy atom. The molecule has 0 aromatic heterocycles. The summed E-state index contributed by atoms with van der Waals surface area (Å²) in [7, 11) is -18.7. The van der Waals surface area contributed by atoms with Crippen LogP contribution >= 0.6 is 0 Å². The predicted octanol–water partition coefficient (Wildman–Crippen LogP) is 0.448. The Kier molecular flexibility index (Phi) is 12.8. The van der Waals surface area contributed by atoms with E-state index in [0.717, 1.165) is 0 Å². The Balaban J connectivity index is 2.35. The van der Waals surface area contributed by atoms with Crippen molar-refractivity contribution in [2.45, 2.75) is 65.5 Å². The van der Waals surface area contributed by atoms with E-state index in [2.05, 4.69) is 0 Å². The summed E-state index contributed by atoms with van der Waals surface area (Å²) in [6.07, 6.45) is 0. The molecule has 2 rings (SSSR count). The highest BCUT2D eigenvalue weighted by atomic mass is 29.3. The largest absolute Gasteiger partial charge is 0.416 e. The highest BCUT2D eigenvalue weighted by Crippen LogP contribution is 2.29.